The summed E-state index contributed by atoms with van der Waals surface area (Å²) in [5, 5.41) is 43.9. The van der Waals surface area contributed by atoms with E-state index in [-0.39, 0.29) is 0 Å². The number of aliphatic hydroxyl groups is 4. The maximum absolute atomic E-state index is 12.6. The van der Waals surface area contributed by atoms with Crippen LogP contribution in [0.4, 0.5) is 0 Å². The van der Waals surface area contributed by atoms with E-state index in [9.17, 15) is 25.2 Å². The van der Waals surface area contributed by atoms with E-state index in [1.54, 1.807) is 0 Å². The van der Waals surface area contributed by atoms with Crippen molar-refractivity contribution in [3.63, 3.8) is 0 Å². The van der Waals surface area contributed by atoms with Crippen molar-refractivity contribution < 1.29 is 25.2 Å². The Kier molecular flexibility index (Phi) is 49.8. The Labute approximate surface area is 386 Å². The molecule has 0 aliphatic carbocycles. The molecule has 0 bridgehead atoms. The number of hydrogen-bond acceptors (Lipinski definition) is 5. The molecule has 6 heteroatoms. The van der Waals surface area contributed by atoms with Crippen molar-refractivity contribution in [2.75, 3.05) is 6.61 Å². The zero-order chi connectivity index (χ0) is 45.2. The average molecular weight is 876 g/mol. The van der Waals surface area contributed by atoms with E-state index >= 15 is 0 Å². The summed E-state index contributed by atoms with van der Waals surface area (Å²) >= 11 is 0. The minimum atomic E-state index is -1.29. The molecule has 4 unspecified atom stereocenters. The van der Waals surface area contributed by atoms with Crippen LogP contribution in [0.1, 0.15) is 296 Å². The van der Waals surface area contributed by atoms with Gasteiger partial charge in [-0.3, -0.25) is 4.79 Å². The summed E-state index contributed by atoms with van der Waals surface area (Å²) in [6, 6.07) is -1.01. The van der Waals surface area contributed by atoms with Gasteiger partial charge in [-0.05, 0) is 51.4 Å². The number of unbranched alkanes of at least 4 members (excludes halogenated alkanes) is 38. The fourth-order valence-corrected chi connectivity index (χ4v) is 8.78. The van der Waals surface area contributed by atoms with Crippen molar-refractivity contribution in [1.29, 1.82) is 0 Å². The Bertz CT molecular complexity index is 939. The van der Waals surface area contributed by atoms with Crippen LogP contribution in [0.2, 0.25) is 0 Å². The highest BCUT2D eigenvalue weighted by Crippen LogP contribution is 2.18. The summed E-state index contributed by atoms with van der Waals surface area (Å²) in [4.78, 5) is 12.6. The van der Waals surface area contributed by atoms with Gasteiger partial charge < -0.3 is 25.7 Å². The van der Waals surface area contributed by atoms with Crippen molar-refractivity contribution in [3.8, 4) is 0 Å². The van der Waals surface area contributed by atoms with Crippen LogP contribution in [0.3, 0.4) is 0 Å². The summed E-state index contributed by atoms with van der Waals surface area (Å²) in [7, 11) is 0. The SMILES string of the molecule is CCCCCCCCCC/C=C/CC/C=C/CCCC(O)C(O)C(CO)NC(=O)C(O)CCCCCCCCCCCCCCCCCCCCCCCCCCCCCCC. The molecule has 0 spiro atoms. The molecule has 0 fully saturated rings. The lowest BCUT2D eigenvalue weighted by molar-refractivity contribution is -0.132. The molecule has 0 aromatic heterocycles. The van der Waals surface area contributed by atoms with Crippen LogP contribution in [0, 0.1) is 0 Å². The zero-order valence-electron chi connectivity index (χ0n) is 41.6. The monoisotopic (exact) mass is 876 g/mol. The summed E-state index contributed by atoms with van der Waals surface area (Å²) in [5.74, 6) is -0.592. The molecule has 0 aliphatic heterocycles. The number of rotatable bonds is 51. The predicted octanol–water partition coefficient (Wildman–Crippen LogP) is 15.9. The van der Waals surface area contributed by atoms with E-state index in [1.165, 1.54) is 225 Å². The molecule has 0 saturated heterocycles. The third-order valence-electron chi connectivity index (χ3n) is 13.1. The lowest BCUT2D eigenvalue weighted by Gasteiger charge is -2.27. The summed E-state index contributed by atoms with van der Waals surface area (Å²) in [5.41, 5.74) is 0. The molecular formula is C56H109NO5. The Balaban J connectivity index is 3.61. The van der Waals surface area contributed by atoms with Gasteiger partial charge in [0.1, 0.15) is 12.2 Å². The highest BCUT2D eigenvalue weighted by Gasteiger charge is 2.28. The molecule has 368 valence electrons. The van der Waals surface area contributed by atoms with Gasteiger partial charge in [0.2, 0.25) is 5.91 Å². The van der Waals surface area contributed by atoms with Gasteiger partial charge in [-0.15, -0.1) is 0 Å². The number of aliphatic hydroxyl groups excluding tert-OH is 4. The van der Waals surface area contributed by atoms with Crippen LogP contribution in [-0.4, -0.2) is 57.3 Å². The predicted molar refractivity (Wildman–Crippen MR) is 270 cm³/mol. The van der Waals surface area contributed by atoms with Crippen molar-refractivity contribution >= 4 is 5.91 Å². The van der Waals surface area contributed by atoms with Gasteiger partial charge in [0, 0.05) is 0 Å². The molecule has 0 aromatic rings. The third kappa shape index (κ3) is 44.0. The second-order valence-corrected chi connectivity index (χ2v) is 19.3. The van der Waals surface area contributed by atoms with Crippen molar-refractivity contribution in [1.82, 2.24) is 5.32 Å². The number of amides is 1. The molecule has 0 saturated carbocycles. The minimum absolute atomic E-state index is 0.365. The van der Waals surface area contributed by atoms with Crippen LogP contribution < -0.4 is 5.32 Å². The van der Waals surface area contributed by atoms with Crippen molar-refractivity contribution in [2.24, 2.45) is 0 Å². The summed E-state index contributed by atoms with van der Waals surface area (Å²) in [6.07, 6.45) is 61.1. The Morgan fingerprint density at radius 2 is 0.677 bits per heavy atom. The Morgan fingerprint density at radius 3 is 1.02 bits per heavy atom. The topological polar surface area (TPSA) is 110 Å². The van der Waals surface area contributed by atoms with Gasteiger partial charge in [-0.2, -0.15) is 0 Å². The number of carbonyl (C=O) groups is 1. The molecule has 0 rings (SSSR count). The molecule has 0 aliphatic rings. The number of nitrogens with one attached hydrogen (secondary N) is 1. The molecule has 0 aromatic carbocycles. The lowest BCUT2D eigenvalue weighted by Crippen LogP contribution is -2.53. The van der Waals surface area contributed by atoms with E-state index in [0.29, 0.717) is 19.3 Å². The first-order valence-electron chi connectivity index (χ1n) is 27.7. The molecular weight excluding hydrogens is 767 g/mol. The van der Waals surface area contributed by atoms with Crippen LogP contribution in [0.5, 0.6) is 0 Å². The molecule has 62 heavy (non-hydrogen) atoms. The first-order valence-corrected chi connectivity index (χ1v) is 27.7. The second kappa shape index (κ2) is 50.8. The number of carbonyl (C=O) groups excluding carboxylic acids is 1. The first kappa shape index (κ1) is 60.8. The minimum Gasteiger partial charge on any atom is -0.394 e. The first-order chi connectivity index (χ1) is 30.5. The average Bonchev–Trinajstić information content (AvgIpc) is 3.28. The lowest BCUT2D eigenvalue weighted by atomic mass is 10.00. The molecule has 6 nitrogen and oxygen atoms in total. The van der Waals surface area contributed by atoms with Crippen LogP contribution in [0.15, 0.2) is 24.3 Å². The Morgan fingerprint density at radius 1 is 0.387 bits per heavy atom. The normalized spacial score (nSPS) is 14.0. The van der Waals surface area contributed by atoms with Gasteiger partial charge in [0.25, 0.3) is 0 Å². The van der Waals surface area contributed by atoms with Gasteiger partial charge in [0.15, 0.2) is 0 Å². The summed E-state index contributed by atoms with van der Waals surface area (Å²) < 4.78 is 0. The standard InChI is InChI=1S/C56H109NO5/c1-3-5-7-9-11-13-15-17-19-21-22-23-24-25-26-27-28-29-30-31-32-34-36-38-40-42-44-46-48-50-54(60)56(62)57-52(51-58)55(61)53(59)49-47-45-43-41-39-37-35-33-20-18-16-14-12-10-8-6-4-2/h33,35,41,43,52-55,58-61H,3-32,34,36-40,42,44-51H2,1-2H3,(H,57,62)/b35-33+,43-41+. The van der Waals surface area contributed by atoms with Gasteiger partial charge >= 0.3 is 0 Å². The quantitative estimate of drug-likeness (QED) is 0.0309. The van der Waals surface area contributed by atoms with Crippen LogP contribution in [-0.2, 0) is 4.79 Å². The molecule has 4 atom stereocenters. The van der Waals surface area contributed by atoms with E-state index in [2.05, 4.69) is 43.5 Å². The highest BCUT2D eigenvalue weighted by atomic mass is 16.3. The molecule has 0 heterocycles. The smallest absolute Gasteiger partial charge is 0.249 e. The van der Waals surface area contributed by atoms with Crippen LogP contribution >= 0.6 is 0 Å². The third-order valence-corrected chi connectivity index (χ3v) is 13.1. The zero-order valence-corrected chi connectivity index (χ0v) is 41.6. The molecule has 5 N–H and O–H groups in total. The van der Waals surface area contributed by atoms with Gasteiger partial charge in [0.05, 0.1) is 18.8 Å². The number of hydrogen-bond donors (Lipinski definition) is 5. The van der Waals surface area contributed by atoms with Gasteiger partial charge in [-0.1, -0.05) is 269 Å². The van der Waals surface area contributed by atoms with Crippen molar-refractivity contribution in [3.05, 3.63) is 24.3 Å². The van der Waals surface area contributed by atoms with Gasteiger partial charge in [-0.25, -0.2) is 0 Å². The van der Waals surface area contributed by atoms with E-state index in [0.717, 1.165) is 38.5 Å². The fourth-order valence-electron chi connectivity index (χ4n) is 8.78. The van der Waals surface area contributed by atoms with Crippen LogP contribution in [0.25, 0.3) is 0 Å². The number of allylic oxidation sites excluding steroid dienone is 4. The van der Waals surface area contributed by atoms with E-state index in [4.69, 9.17) is 0 Å². The largest absolute Gasteiger partial charge is 0.394 e. The summed E-state index contributed by atoms with van der Waals surface area (Å²) in [6.45, 7) is 4.06. The fraction of sp³-hybridized carbons (Fsp3) is 0.911. The van der Waals surface area contributed by atoms with E-state index in [1.807, 2.05) is 0 Å². The molecule has 0 radical (unpaired) electrons. The van der Waals surface area contributed by atoms with Crippen molar-refractivity contribution in [2.45, 2.75) is 321 Å². The molecule has 1 amide bonds. The maximum Gasteiger partial charge on any atom is 0.249 e. The van der Waals surface area contributed by atoms with E-state index < -0.39 is 36.9 Å². The Hall–Kier alpha value is -1.21. The maximum atomic E-state index is 12.6. The second-order valence-electron chi connectivity index (χ2n) is 19.3. The highest BCUT2D eigenvalue weighted by molar-refractivity contribution is 5.80.